The van der Waals surface area contributed by atoms with E-state index in [9.17, 15) is 0 Å². The van der Waals surface area contributed by atoms with Crippen molar-refractivity contribution in [3.05, 3.63) is 17.5 Å². The van der Waals surface area contributed by atoms with Gasteiger partial charge in [0, 0.05) is 17.8 Å². The fourth-order valence-electron chi connectivity index (χ4n) is 2.88. The van der Waals surface area contributed by atoms with Gasteiger partial charge in [0.05, 0.1) is 12.2 Å². The molecule has 1 aromatic rings. The zero-order valence-electron chi connectivity index (χ0n) is 11.4. The molecule has 0 saturated heterocycles. The Morgan fingerprint density at radius 1 is 1.41 bits per heavy atom. The summed E-state index contributed by atoms with van der Waals surface area (Å²) in [5.41, 5.74) is 2.83. The van der Waals surface area contributed by atoms with Crippen LogP contribution in [0.5, 0.6) is 0 Å². The van der Waals surface area contributed by atoms with Crippen molar-refractivity contribution >= 4 is 0 Å². The van der Waals surface area contributed by atoms with E-state index in [1.54, 1.807) is 0 Å². The molecule has 0 aromatic carbocycles. The number of rotatable bonds is 5. The molecule has 1 aliphatic carbocycles. The predicted molar refractivity (Wildman–Crippen MR) is 71.2 cm³/mol. The number of hydrogen-bond acceptors (Lipinski definition) is 2. The lowest BCUT2D eigenvalue weighted by molar-refractivity contribution is 0.440. The minimum atomic E-state index is 0.562. The molecule has 3 heteroatoms. The second-order valence-corrected chi connectivity index (χ2v) is 5.37. The van der Waals surface area contributed by atoms with E-state index in [-0.39, 0.29) is 0 Å². The molecule has 1 heterocycles. The third-order valence-corrected chi connectivity index (χ3v) is 3.70. The van der Waals surface area contributed by atoms with E-state index < -0.39 is 0 Å². The highest BCUT2D eigenvalue weighted by Crippen LogP contribution is 2.32. The van der Waals surface area contributed by atoms with Crippen LogP contribution in [0.4, 0.5) is 0 Å². The maximum atomic E-state index is 4.65. The maximum absolute atomic E-state index is 4.65. The van der Waals surface area contributed by atoms with Gasteiger partial charge in [0.2, 0.25) is 0 Å². The van der Waals surface area contributed by atoms with Gasteiger partial charge in [-0.2, -0.15) is 5.10 Å². The van der Waals surface area contributed by atoms with E-state index in [0.29, 0.717) is 12.0 Å². The summed E-state index contributed by atoms with van der Waals surface area (Å²) in [6.45, 7) is 8.68. The molecule has 0 atom stereocenters. The van der Waals surface area contributed by atoms with Crippen LogP contribution in [0.2, 0.25) is 0 Å². The highest BCUT2D eigenvalue weighted by atomic mass is 15.3. The average molecular weight is 235 g/mol. The lowest BCUT2D eigenvalue weighted by Crippen LogP contribution is -2.16. The van der Waals surface area contributed by atoms with Gasteiger partial charge in [0.15, 0.2) is 0 Å². The lowest BCUT2D eigenvalue weighted by atomic mass is 10.0. The second kappa shape index (κ2) is 5.67. The predicted octanol–water partition coefficient (Wildman–Crippen LogP) is 3.23. The van der Waals surface area contributed by atoms with Gasteiger partial charge in [-0.3, -0.25) is 4.68 Å². The molecule has 1 aliphatic rings. The summed E-state index contributed by atoms with van der Waals surface area (Å²) in [6.07, 6.45) is 7.41. The molecular formula is C14H25N3. The quantitative estimate of drug-likeness (QED) is 0.849. The summed E-state index contributed by atoms with van der Waals surface area (Å²) in [7, 11) is 0. The number of hydrogen-bond donors (Lipinski definition) is 1. The van der Waals surface area contributed by atoms with Crippen molar-refractivity contribution in [2.45, 2.75) is 65.0 Å². The fourth-order valence-corrected chi connectivity index (χ4v) is 2.88. The average Bonchev–Trinajstić information content (AvgIpc) is 2.94. The van der Waals surface area contributed by atoms with Crippen LogP contribution in [0.15, 0.2) is 6.20 Å². The Labute approximate surface area is 105 Å². The van der Waals surface area contributed by atoms with Crippen LogP contribution >= 0.6 is 0 Å². The van der Waals surface area contributed by atoms with Crippen molar-refractivity contribution in [2.24, 2.45) is 0 Å². The summed E-state index contributed by atoms with van der Waals surface area (Å²) in [5.74, 6) is 0.562. The second-order valence-electron chi connectivity index (χ2n) is 5.37. The highest BCUT2D eigenvalue weighted by molar-refractivity contribution is 5.21. The first-order valence-electron chi connectivity index (χ1n) is 7.01. The molecule has 2 rings (SSSR count). The van der Waals surface area contributed by atoms with Crippen molar-refractivity contribution in [2.75, 3.05) is 6.54 Å². The molecule has 1 fully saturated rings. The van der Waals surface area contributed by atoms with Gasteiger partial charge in [-0.05, 0) is 25.3 Å². The van der Waals surface area contributed by atoms with Crippen LogP contribution in [-0.2, 0) is 6.54 Å². The topological polar surface area (TPSA) is 29.9 Å². The number of aromatic nitrogens is 2. The summed E-state index contributed by atoms with van der Waals surface area (Å²) >= 11 is 0. The van der Waals surface area contributed by atoms with Gasteiger partial charge < -0.3 is 5.32 Å². The van der Waals surface area contributed by atoms with E-state index in [1.165, 1.54) is 36.9 Å². The van der Waals surface area contributed by atoms with Crippen LogP contribution in [0.1, 0.15) is 69.7 Å². The van der Waals surface area contributed by atoms with Gasteiger partial charge in [-0.1, -0.05) is 33.6 Å². The summed E-state index contributed by atoms with van der Waals surface area (Å²) in [6, 6.07) is 0.655. The molecule has 0 amide bonds. The van der Waals surface area contributed by atoms with Crippen molar-refractivity contribution < 1.29 is 0 Å². The van der Waals surface area contributed by atoms with Crippen molar-refractivity contribution in [1.29, 1.82) is 0 Å². The van der Waals surface area contributed by atoms with Gasteiger partial charge in [0.25, 0.3) is 0 Å². The van der Waals surface area contributed by atoms with E-state index in [1.807, 2.05) is 0 Å². The normalized spacial score (nSPS) is 17.2. The molecule has 0 unspecified atom stereocenters. The Hall–Kier alpha value is -0.830. The van der Waals surface area contributed by atoms with Gasteiger partial charge in [-0.25, -0.2) is 0 Å². The highest BCUT2D eigenvalue weighted by Gasteiger charge is 2.23. The van der Waals surface area contributed by atoms with Crippen molar-refractivity contribution in [1.82, 2.24) is 15.1 Å². The molecule has 3 nitrogen and oxygen atoms in total. The Balaban J connectivity index is 2.22. The summed E-state index contributed by atoms with van der Waals surface area (Å²) in [5, 5.41) is 8.06. The minimum Gasteiger partial charge on any atom is -0.313 e. The van der Waals surface area contributed by atoms with Gasteiger partial charge in [0.1, 0.15) is 0 Å². The smallest absolute Gasteiger partial charge is 0.0537 e. The SMILES string of the molecule is CCNCc1cnn(C2CCCC2)c1C(C)C. The molecular weight excluding hydrogens is 210 g/mol. The monoisotopic (exact) mass is 235 g/mol. The molecule has 0 bridgehead atoms. The maximum Gasteiger partial charge on any atom is 0.0537 e. The van der Waals surface area contributed by atoms with Crippen LogP contribution in [0.25, 0.3) is 0 Å². The first kappa shape index (κ1) is 12.6. The molecule has 17 heavy (non-hydrogen) atoms. The molecule has 0 radical (unpaired) electrons. The lowest BCUT2D eigenvalue weighted by Gasteiger charge is -2.18. The van der Waals surface area contributed by atoms with E-state index in [0.717, 1.165) is 13.1 Å². The molecule has 1 saturated carbocycles. The Kier molecular flexibility index (Phi) is 4.21. The van der Waals surface area contributed by atoms with Crippen molar-refractivity contribution in [3.8, 4) is 0 Å². The molecule has 1 aromatic heterocycles. The molecule has 1 N–H and O–H groups in total. The largest absolute Gasteiger partial charge is 0.313 e. The number of nitrogens with one attached hydrogen (secondary N) is 1. The molecule has 0 spiro atoms. The van der Waals surface area contributed by atoms with Gasteiger partial charge >= 0.3 is 0 Å². The molecule has 0 aliphatic heterocycles. The van der Waals surface area contributed by atoms with Crippen LogP contribution in [0.3, 0.4) is 0 Å². The zero-order chi connectivity index (χ0) is 12.3. The Morgan fingerprint density at radius 3 is 2.71 bits per heavy atom. The Bertz CT molecular complexity index is 348. The first-order chi connectivity index (χ1) is 8.24. The summed E-state index contributed by atoms with van der Waals surface area (Å²) in [4.78, 5) is 0. The third kappa shape index (κ3) is 2.71. The van der Waals surface area contributed by atoms with Crippen molar-refractivity contribution in [3.63, 3.8) is 0 Å². The van der Waals surface area contributed by atoms with Crippen LogP contribution < -0.4 is 5.32 Å². The standard InChI is InChI=1S/C14H25N3/c1-4-15-9-12-10-16-17(14(12)11(2)3)13-7-5-6-8-13/h10-11,13,15H,4-9H2,1-3H3. The van der Waals surface area contributed by atoms with Crippen LogP contribution in [-0.4, -0.2) is 16.3 Å². The zero-order valence-corrected chi connectivity index (χ0v) is 11.4. The molecule has 96 valence electrons. The summed E-state index contributed by atoms with van der Waals surface area (Å²) < 4.78 is 2.31. The Morgan fingerprint density at radius 2 is 2.12 bits per heavy atom. The number of nitrogens with zero attached hydrogens (tertiary/aromatic N) is 2. The van der Waals surface area contributed by atoms with Crippen LogP contribution in [0, 0.1) is 0 Å². The van der Waals surface area contributed by atoms with E-state index in [2.05, 4.69) is 42.1 Å². The fraction of sp³-hybridized carbons (Fsp3) is 0.786. The van der Waals surface area contributed by atoms with Gasteiger partial charge in [-0.15, -0.1) is 0 Å². The van der Waals surface area contributed by atoms with E-state index >= 15 is 0 Å². The first-order valence-corrected chi connectivity index (χ1v) is 7.01. The third-order valence-electron chi connectivity index (χ3n) is 3.70. The van der Waals surface area contributed by atoms with E-state index in [4.69, 9.17) is 0 Å². The minimum absolute atomic E-state index is 0.562.